The third-order valence-corrected chi connectivity index (χ3v) is 6.32. The standard InChI is InChI=1S/C28H24FN3O4/c1-17-15-24(31-36-17)30-27(33)25-22-5-3-4-6-23(22)28(34)32(16-18-7-11-20(29)12-8-18)26(25)19-9-13-21(35-2)14-10-19/h3-15,25-26H,16H2,1-2H3,(H,30,31,33)/t25-,26-/m1/s1. The molecule has 0 aliphatic carbocycles. The number of halogens is 1. The summed E-state index contributed by atoms with van der Waals surface area (Å²) < 4.78 is 24.0. The number of rotatable bonds is 6. The summed E-state index contributed by atoms with van der Waals surface area (Å²) >= 11 is 0. The first-order valence-corrected chi connectivity index (χ1v) is 11.5. The maximum absolute atomic E-state index is 13.8. The van der Waals surface area contributed by atoms with Crippen LogP contribution in [0.1, 0.15) is 44.8 Å². The van der Waals surface area contributed by atoms with Gasteiger partial charge in [0.2, 0.25) is 5.91 Å². The Balaban J connectivity index is 1.63. The molecule has 182 valence electrons. The van der Waals surface area contributed by atoms with Crippen LogP contribution in [0.5, 0.6) is 5.75 Å². The van der Waals surface area contributed by atoms with Gasteiger partial charge in [0, 0.05) is 18.2 Å². The van der Waals surface area contributed by atoms with Gasteiger partial charge < -0.3 is 19.5 Å². The molecule has 0 fully saturated rings. The summed E-state index contributed by atoms with van der Waals surface area (Å²) in [6.45, 7) is 1.93. The Hall–Kier alpha value is -4.46. The monoisotopic (exact) mass is 485 g/mol. The van der Waals surface area contributed by atoms with Crippen molar-refractivity contribution in [2.75, 3.05) is 12.4 Å². The van der Waals surface area contributed by atoms with Gasteiger partial charge in [0.15, 0.2) is 5.82 Å². The van der Waals surface area contributed by atoms with Crippen LogP contribution in [0.25, 0.3) is 0 Å². The van der Waals surface area contributed by atoms with Crippen LogP contribution in [0.3, 0.4) is 0 Å². The summed E-state index contributed by atoms with van der Waals surface area (Å²) in [5.41, 5.74) is 2.57. The molecule has 8 heteroatoms. The van der Waals surface area contributed by atoms with E-state index in [9.17, 15) is 14.0 Å². The zero-order valence-corrected chi connectivity index (χ0v) is 19.8. The highest BCUT2D eigenvalue weighted by Gasteiger charge is 2.44. The summed E-state index contributed by atoms with van der Waals surface area (Å²) in [5.74, 6) is -0.124. The largest absolute Gasteiger partial charge is 0.497 e. The molecule has 1 N–H and O–H groups in total. The highest BCUT2D eigenvalue weighted by Crippen LogP contribution is 2.44. The first-order valence-electron chi connectivity index (χ1n) is 11.5. The number of methoxy groups -OCH3 is 1. The summed E-state index contributed by atoms with van der Waals surface area (Å²) in [4.78, 5) is 29.2. The number of hydrogen-bond acceptors (Lipinski definition) is 5. The van der Waals surface area contributed by atoms with Gasteiger partial charge in [-0.2, -0.15) is 0 Å². The highest BCUT2D eigenvalue weighted by atomic mass is 19.1. The molecule has 3 aromatic carbocycles. The number of benzene rings is 3. The van der Waals surface area contributed by atoms with Gasteiger partial charge in [0.1, 0.15) is 17.3 Å². The number of amides is 2. The molecule has 0 saturated carbocycles. The van der Waals surface area contributed by atoms with E-state index in [1.165, 1.54) is 12.1 Å². The molecule has 0 radical (unpaired) electrons. The van der Waals surface area contributed by atoms with Crippen LogP contribution in [0, 0.1) is 12.7 Å². The van der Waals surface area contributed by atoms with Crippen LogP contribution >= 0.6 is 0 Å². The van der Waals surface area contributed by atoms with Crippen LogP contribution in [0.4, 0.5) is 10.2 Å². The topological polar surface area (TPSA) is 84.7 Å². The molecule has 5 rings (SSSR count). The van der Waals surface area contributed by atoms with Crippen LogP contribution < -0.4 is 10.1 Å². The Bertz CT molecular complexity index is 1400. The second-order valence-corrected chi connectivity index (χ2v) is 8.65. The quantitative estimate of drug-likeness (QED) is 0.403. The maximum Gasteiger partial charge on any atom is 0.255 e. The van der Waals surface area contributed by atoms with Gasteiger partial charge in [0.25, 0.3) is 5.91 Å². The van der Waals surface area contributed by atoms with Gasteiger partial charge >= 0.3 is 0 Å². The van der Waals surface area contributed by atoms with Crippen molar-refractivity contribution in [2.24, 2.45) is 0 Å². The molecular weight excluding hydrogens is 461 g/mol. The van der Waals surface area contributed by atoms with E-state index in [0.717, 1.165) is 11.1 Å². The molecule has 2 atom stereocenters. The third-order valence-electron chi connectivity index (χ3n) is 6.32. The Morgan fingerprint density at radius 1 is 1.08 bits per heavy atom. The summed E-state index contributed by atoms with van der Waals surface area (Å²) in [5, 5.41) is 6.74. The highest BCUT2D eigenvalue weighted by molar-refractivity contribution is 6.04. The fourth-order valence-electron chi connectivity index (χ4n) is 4.64. The lowest BCUT2D eigenvalue weighted by molar-refractivity contribution is -0.119. The first kappa shape index (κ1) is 23.3. The van der Waals surface area contributed by atoms with Crippen molar-refractivity contribution in [1.82, 2.24) is 10.1 Å². The molecule has 36 heavy (non-hydrogen) atoms. The Morgan fingerprint density at radius 3 is 2.47 bits per heavy atom. The normalized spacial score (nSPS) is 17.0. The van der Waals surface area contributed by atoms with E-state index in [4.69, 9.17) is 9.26 Å². The van der Waals surface area contributed by atoms with Gasteiger partial charge in [0.05, 0.1) is 19.1 Å². The number of ether oxygens (including phenoxy) is 1. The maximum atomic E-state index is 13.8. The van der Waals surface area contributed by atoms with Gasteiger partial charge in [-0.15, -0.1) is 0 Å². The predicted molar refractivity (Wildman–Crippen MR) is 131 cm³/mol. The lowest BCUT2D eigenvalue weighted by atomic mass is 9.79. The Labute approximate surface area is 207 Å². The number of nitrogens with zero attached hydrogens (tertiary/aromatic N) is 2. The summed E-state index contributed by atoms with van der Waals surface area (Å²) in [7, 11) is 1.58. The average molecular weight is 486 g/mol. The lowest BCUT2D eigenvalue weighted by Crippen LogP contribution is -2.45. The van der Waals surface area contributed by atoms with E-state index in [1.807, 2.05) is 18.2 Å². The molecule has 0 bridgehead atoms. The van der Waals surface area contributed by atoms with Crippen molar-refractivity contribution in [2.45, 2.75) is 25.4 Å². The number of anilines is 1. The van der Waals surface area contributed by atoms with Crippen molar-refractivity contribution < 1.29 is 23.2 Å². The van der Waals surface area contributed by atoms with Crippen molar-refractivity contribution >= 4 is 17.6 Å². The average Bonchev–Trinajstić information content (AvgIpc) is 3.31. The fraction of sp³-hybridized carbons (Fsp3) is 0.179. The zero-order valence-electron chi connectivity index (χ0n) is 19.8. The van der Waals surface area contributed by atoms with Crippen molar-refractivity contribution in [3.63, 3.8) is 0 Å². The minimum absolute atomic E-state index is 0.191. The van der Waals surface area contributed by atoms with E-state index < -0.39 is 12.0 Å². The van der Waals surface area contributed by atoms with Gasteiger partial charge in [-0.3, -0.25) is 9.59 Å². The van der Waals surface area contributed by atoms with Crippen molar-refractivity contribution in [3.8, 4) is 5.75 Å². The molecular formula is C28H24FN3O4. The molecule has 2 amide bonds. The minimum Gasteiger partial charge on any atom is -0.497 e. The van der Waals surface area contributed by atoms with Crippen LogP contribution in [0.2, 0.25) is 0 Å². The molecule has 0 unspecified atom stereocenters. The smallest absolute Gasteiger partial charge is 0.255 e. The molecule has 0 saturated heterocycles. The minimum atomic E-state index is -0.746. The van der Waals surface area contributed by atoms with E-state index in [0.29, 0.717) is 28.5 Å². The van der Waals surface area contributed by atoms with E-state index in [-0.39, 0.29) is 24.2 Å². The predicted octanol–water partition coefficient (Wildman–Crippen LogP) is 5.25. The van der Waals surface area contributed by atoms with Gasteiger partial charge in [-0.05, 0) is 53.9 Å². The number of carbonyl (C=O) groups excluding carboxylic acids is 2. The van der Waals surface area contributed by atoms with E-state index >= 15 is 0 Å². The molecule has 7 nitrogen and oxygen atoms in total. The van der Waals surface area contributed by atoms with E-state index in [2.05, 4.69) is 10.5 Å². The Morgan fingerprint density at radius 2 is 1.81 bits per heavy atom. The van der Waals surface area contributed by atoms with Crippen molar-refractivity contribution in [1.29, 1.82) is 0 Å². The van der Waals surface area contributed by atoms with Gasteiger partial charge in [-0.25, -0.2) is 4.39 Å². The van der Waals surface area contributed by atoms with Crippen LogP contribution in [-0.2, 0) is 11.3 Å². The first-order chi connectivity index (χ1) is 17.4. The van der Waals surface area contributed by atoms with E-state index in [1.54, 1.807) is 67.5 Å². The van der Waals surface area contributed by atoms with Crippen LogP contribution in [-0.4, -0.2) is 29.0 Å². The number of nitrogens with one attached hydrogen (secondary N) is 1. The molecule has 1 aliphatic heterocycles. The molecule has 0 spiro atoms. The molecule has 1 aliphatic rings. The van der Waals surface area contributed by atoms with Gasteiger partial charge in [-0.1, -0.05) is 47.6 Å². The molecule has 1 aromatic heterocycles. The number of aryl methyl sites for hydroxylation is 1. The second kappa shape index (κ2) is 9.65. The van der Waals surface area contributed by atoms with Crippen LogP contribution in [0.15, 0.2) is 83.4 Å². The summed E-state index contributed by atoms with van der Waals surface area (Å²) in [6, 6.07) is 21.4. The molecule has 4 aromatic rings. The third kappa shape index (κ3) is 4.45. The second-order valence-electron chi connectivity index (χ2n) is 8.65. The number of carbonyl (C=O) groups is 2. The van der Waals surface area contributed by atoms with Crippen molar-refractivity contribution in [3.05, 3.63) is 113 Å². The number of fused-ring (bicyclic) bond motifs is 1. The summed E-state index contributed by atoms with van der Waals surface area (Å²) in [6.07, 6.45) is 0. The Kier molecular flexibility index (Phi) is 6.25. The fourth-order valence-corrected chi connectivity index (χ4v) is 4.64. The lowest BCUT2D eigenvalue weighted by Gasteiger charge is -2.42. The molecule has 2 heterocycles. The number of hydrogen-bond donors (Lipinski definition) is 1. The SMILES string of the molecule is COc1ccc([C@@H]2[C@H](C(=O)Nc3cc(C)on3)c3ccccc3C(=O)N2Cc2ccc(F)cc2)cc1. The zero-order chi connectivity index (χ0) is 25.2. The number of aromatic nitrogens is 1.